The molecule has 1 unspecified atom stereocenters. The lowest BCUT2D eigenvalue weighted by atomic mass is 10.2. The standard InChI is InChI=1S/C12H23NO2/c1-4-7-13(9-11-5-6-11)10(2)8-12(14)15-3/h10-11H,4-9H2,1-3H3. The zero-order chi connectivity index (χ0) is 11.3. The molecule has 0 aromatic heterocycles. The van der Waals surface area contributed by atoms with E-state index in [4.69, 9.17) is 4.74 Å². The van der Waals surface area contributed by atoms with Crippen molar-refractivity contribution in [3.63, 3.8) is 0 Å². The monoisotopic (exact) mass is 213 g/mol. The fraction of sp³-hybridized carbons (Fsp3) is 0.917. The quantitative estimate of drug-likeness (QED) is 0.606. The van der Waals surface area contributed by atoms with Gasteiger partial charge in [-0.25, -0.2) is 0 Å². The van der Waals surface area contributed by atoms with Crippen molar-refractivity contribution in [3.05, 3.63) is 0 Å². The number of methoxy groups -OCH3 is 1. The van der Waals surface area contributed by atoms with Crippen LogP contribution >= 0.6 is 0 Å². The second kappa shape index (κ2) is 6.11. The van der Waals surface area contributed by atoms with Crippen molar-refractivity contribution in [2.45, 2.75) is 45.6 Å². The Labute approximate surface area is 92.8 Å². The van der Waals surface area contributed by atoms with E-state index in [2.05, 4.69) is 18.7 Å². The molecule has 1 aliphatic carbocycles. The molecule has 0 saturated heterocycles. The first-order chi connectivity index (χ1) is 7.17. The van der Waals surface area contributed by atoms with Crippen LogP contribution in [0.5, 0.6) is 0 Å². The molecule has 0 N–H and O–H groups in total. The van der Waals surface area contributed by atoms with Gasteiger partial charge in [-0.3, -0.25) is 9.69 Å². The van der Waals surface area contributed by atoms with Gasteiger partial charge in [-0.1, -0.05) is 6.92 Å². The summed E-state index contributed by atoms with van der Waals surface area (Å²) in [5, 5.41) is 0. The van der Waals surface area contributed by atoms with Crippen LogP contribution in [0.15, 0.2) is 0 Å². The summed E-state index contributed by atoms with van der Waals surface area (Å²) in [6.45, 7) is 6.56. The largest absolute Gasteiger partial charge is 0.469 e. The minimum Gasteiger partial charge on any atom is -0.469 e. The second-order valence-electron chi connectivity index (χ2n) is 4.57. The van der Waals surface area contributed by atoms with Crippen molar-refractivity contribution >= 4 is 5.97 Å². The molecule has 3 nitrogen and oxygen atoms in total. The number of rotatable bonds is 7. The van der Waals surface area contributed by atoms with Gasteiger partial charge in [-0.2, -0.15) is 0 Å². The van der Waals surface area contributed by atoms with Crippen LogP contribution in [-0.2, 0) is 9.53 Å². The van der Waals surface area contributed by atoms with Gasteiger partial charge in [0, 0.05) is 12.6 Å². The van der Waals surface area contributed by atoms with Crippen LogP contribution < -0.4 is 0 Å². The fourth-order valence-electron chi connectivity index (χ4n) is 1.86. The Bertz CT molecular complexity index is 202. The van der Waals surface area contributed by atoms with Crippen molar-refractivity contribution in [2.75, 3.05) is 20.2 Å². The minimum absolute atomic E-state index is 0.0978. The summed E-state index contributed by atoms with van der Waals surface area (Å²) in [4.78, 5) is 13.6. The summed E-state index contributed by atoms with van der Waals surface area (Å²) >= 11 is 0. The third-order valence-electron chi connectivity index (χ3n) is 3.01. The average Bonchev–Trinajstić information content (AvgIpc) is 3.00. The van der Waals surface area contributed by atoms with Crippen LogP contribution in [0.4, 0.5) is 0 Å². The molecule has 15 heavy (non-hydrogen) atoms. The Morgan fingerprint density at radius 1 is 1.53 bits per heavy atom. The first-order valence-electron chi connectivity index (χ1n) is 5.98. The Balaban J connectivity index is 2.34. The molecule has 88 valence electrons. The lowest BCUT2D eigenvalue weighted by Gasteiger charge is -2.28. The minimum atomic E-state index is -0.0978. The zero-order valence-corrected chi connectivity index (χ0v) is 10.2. The van der Waals surface area contributed by atoms with Crippen LogP contribution in [0, 0.1) is 5.92 Å². The van der Waals surface area contributed by atoms with Crippen LogP contribution in [-0.4, -0.2) is 37.1 Å². The first-order valence-corrected chi connectivity index (χ1v) is 5.98. The summed E-state index contributed by atoms with van der Waals surface area (Å²) in [6.07, 6.45) is 4.40. The summed E-state index contributed by atoms with van der Waals surface area (Å²) < 4.78 is 4.70. The molecule has 0 spiro atoms. The molecule has 1 saturated carbocycles. The fourth-order valence-corrected chi connectivity index (χ4v) is 1.86. The van der Waals surface area contributed by atoms with E-state index in [9.17, 15) is 4.79 Å². The lowest BCUT2D eigenvalue weighted by Crippen LogP contribution is -2.37. The van der Waals surface area contributed by atoms with Crippen LogP contribution in [0.1, 0.15) is 39.5 Å². The van der Waals surface area contributed by atoms with Gasteiger partial charge in [0.1, 0.15) is 0 Å². The number of esters is 1. The molecule has 0 bridgehead atoms. The highest BCUT2D eigenvalue weighted by Crippen LogP contribution is 2.30. The van der Waals surface area contributed by atoms with E-state index in [-0.39, 0.29) is 5.97 Å². The van der Waals surface area contributed by atoms with Gasteiger partial charge in [0.05, 0.1) is 13.5 Å². The maximum atomic E-state index is 11.2. The van der Waals surface area contributed by atoms with Crippen molar-refractivity contribution in [1.29, 1.82) is 0 Å². The van der Waals surface area contributed by atoms with Gasteiger partial charge < -0.3 is 4.74 Å². The van der Waals surface area contributed by atoms with E-state index in [1.807, 2.05) is 0 Å². The van der Waals surface area contributed by atoms with E-state index in [0.29, 0.717) is 12.5 Å². The zero-order valence-electron chi connectivity index (χ0n) is 10.2. The Hall–Kier alpha value is -0.570. The molecule has 0 aromatic rings. The summed E-state index contributed by atoms with van der Waals surface area (Å²) in [5.74, 6) is 0.788. The topological polar surface area (TPSA) is 29.5 Å². The highest BCUT2D eigenvalue weighted by atomic mass is 16.5. The summed E-state index contributed by atoms with van der Waals surface area (Å²) in [6, 6.07) is 0.318. The third kappa shape index (κ3) is 4.65. The first kappa shape index (κ1) is 12.5. The van der Waals surface area contributed by atoms with Crippen LogP contribution in [0.3, 0.4) is 0 Å². The van der Waals surface area contributed by atoms with Gasteiger partial charge in [0.25, 0.3) is 0 Å². The maximum absolute atomic E-state index is 11.2. The Kier molecular flexibility index (Phi) is 5.09. The van der Waals surface area contributed by atoms with E-state index in [0.717, 1.165) is 25.4 Å². The molecule has 1 rings (SSSR count). The number of hydrogen-bond donors (Lipinski definition) is 0. The van der Waals surface area contributed by atoms with Crippen molar-refractivity contribution < 1.29 is 9.53 Å². The maximum Gasteiger partial charge on any atom is 0.307 e. The molecular weight excluding hydrogens is 190 g/mol. The second-order valence-corrected chi connectivity index (χ2v) is 4.57. The van der Waals surface area contributed by atoms with Gasteiger partial charge in [0.15, 0.2) is 0 Å². The molecule has 1 atom stereocenters. The predicted molar refractivity (Wildman–Crippen MR) is 60.7 cm³/mol. The molecule has 1 fully saturated rings. The van der Waals surface area contributed by atoms with Crippen molar-refractivity contribution in [1.82, 2.24) is 4.90 Å². The molecule has 3 heteroatoms. The molecular formula is C12H23NO2. The highest BCUT2D eigenvalue weighted by Gasteiger charge is 2.26. The van der Waals surface area contributed by atoms with Crippen molar-refractivity contribution in [3.8, 4) is 0 Å². The predicted octanol–water partition coefficient (Wildman–Crippen LogP) is 2.06. The normalized spacial score (nSPS) is 17.9. The summed E-state index contributed by atoms with van der Waals surface area (Å²) in [5.41, 5.74) is 0. The van der Waals surface area contributed by atoms with E-state index < -0.39 is 0 Å². The van der Waals surface area contributed by atoms with E-state index in [1.165, 1.54) is 20.0 Å². The SMILES string of the molecule is CCCN(CC1CC1)C(C)CC(=O)OC. The number of carbonyl (C=O) groups excluding carboxylic acids is 1. The Morgan fingerprint density at radius 3 is 2.67 bits per heavy atom. The number of hydrogen-bond acceptors (Lipinski definition) is 3. The summed E-state index contributed by atoms with van der Waals surface area (Å²) in [7, 11) is 1.46. The molecule has 0 heterocycles. The van der Waals surface area contributed by atoms with Gasteiger partial charge in [-0.15, -0.1) is 0 Å². The van der Waals surface area contributed by atoms with Gasteiger partial charge in [-0.05, 0) is 38.6 Å². The third-order valence-corrected chi connectivity index (χ3v) is 3.01. The van der Waals surface area contributed by atoms with E-state index >= 15 is 0 Å². The number of carbonyl (C=O) groups is 1. The van der Waals surface area contributed by atoms with Crippen LogP contribution in [0.25, 0.3) is 0 Å². The average molecular weight is 213 g/mol. The van der Waals surface area contributed by atoms with Gasteiger partial charge >= 0.3 is 5.97 Å². The highest BCUT2D eigenvalue weighted by molar-refractivity contribution is 5.69. The molecule has 1 aliphatic rings. The van der Waals surface area contributed by atoms with Crippen LogP contribution in [0.2, 0.25) is 0 Å². The molecule has 0 radical (unpaired) electrons. The molecule has 0 aliphatic heterocycles. The van der Waals surface area contributed by atoms with Gasteiger partial charge in [0.2, 0.25) is 0 Å². The smallest absolute Gasteiger partial charge is 0.307 e. The molecule has 0 aromatic carbocycles. The number of nitrogens with zero attached hydrogens (tertiary/aromatic N) is 1. The molecule has 0 amide bonds. The number of ether oxygens (including phenoxy) is 1. The lowest BCUT2D eigenvalue weighted by molar-refractivity contribution is -0.141. The van der Waals surface area contributed by atoms with Crippen molar-refractivity contribution in [2.24, 2.45) is 5.92 Å². The van der Waals surface area contributed by atoms with E-state index in [1.54, 1.807) is 0 Å². The Morgan fingerprint density at radius 2 is 2.20 bits per heavy atom.